The summed E-state index contributed by atoms with van der Waals surface area (Å²) in [6.45, 7) is 29.2. The number of carbonyl (C=O) groups excluding carboxylic acids is 1. The second kappa shape index (κ2) is 9.05. The first-order valence-corrected chi connectivity index (χ1v) is 17.2. The van der Waals surface area contributed by atoms with E-state index in [9.17, 15) is 4.79 Å². The van der Waals surface area contributed by atoms with Gasteiger partial charge in [0.05, 0.1) is 25.4 Å². The highest BCUT2D eigenvalue weighted by molar-refractivity contribution is 6.74. The summed E-state index contributed by atoms with van der Waals surface area (Å²) < 4.78 is 24.6. The van der Waals surface area contributed by atoms with Crippen LogP contribution in [0.3, 0.4) is 0 Å². The number of hydrogen-bond acceptors (Lipinski definition) is 5. The number of rotatable bonds is 9. The van der Waals surface area contributed by atoms with Gasteiger partial charge in [-0.2, -0.15) is 0 Å². The highest BCUT2D eigenvalue weighted by Crippen LogP contribution is 2.53. The van der Waals surface area contributed by atoms with Crippen molar-refractivity contribution >= 4 is 22.6 Å². The predicted octanol–water partition coefficient (Wildman–Crippen LogP) is 6.46. The third-order valence-electron chi connectivity index (χ3n) is 7.79. The highest BCUT2D eigenvalue weighted by atomic mass is 28.4. The molecule has 0 saturated carbocycles. The molecule has 0 spiro atoms. The van der Waals surface area contributed by atoms with Crippen LogP contribution in [0.1, 0.15) is 68.7 Å². The molecule has 182 valence electrons. The minimum Gasteiger partial charge on any atom is -0.466 e. The molecule has 0 aliphatic carbocycles. The van der Waals surface area contributed by atoms with Crippen LogP contribution in [-0.4, -0.2) is 53.6 Å². The van der Waals surface area contributed by atoms with Crippen molar-refractivity contribution in [1.29, 1.82) is 0 Å². The fourth-order valence-corrected chi connectivity index (χ4v) is 5.35. The van der Waals surface area contributed by atoms with Crippen molar-refractivity contribution < 1.29 is 23.1 Å². The molecular weight excluding hydrogens is 424 g/mol. The molecule has 0 N–H and O–H groups in total. The van der Waals surface area contributed by atoms with Crippen LogP contribution in [0, 0.1) is 0 Å². The third kappa shape index (κ3) is 6.76. The Hall–Kier alpha value is -0.476. The fraction of sp³-hybridized carbons (Fsp3) is 0.875. The van der Waals surface area contributed by atoms with Gasteiger partial charge in [0.25, 0.3) is 0 Å². The SMILES string of the molecule is COC(=O)/C=C(\C)[C@H](C[C@]1(CO[Si](C)(C)C(C)(C)C)OC1(C)C)O[Si](C)(C)C(C)(C)C. The second-order valence-electron chi connectivity index (χ2n) is 12.6. The lowest BCUT2D eigenvalue weighted by Crippen LogP contribution is -2.48. The summed E-state index contributed by atoms with van der Waals surface area (Å²) in [5.74, 6) is -0.358. The molecule has 31 heavy (non-hydrogen) atoms. The average Bonchev–Trinajstić information content (AvgIpc) is 3.10. The topological polar surface area (TPSA) is 57.3 Å². The van der Waals surface area contributed by atoms with Crippen molar-refractivity contribution in [3.63, 3.8) is 0 Å². The van der Waals surface area contributed by atoms with Gasteiger partial charge < -0.3 is 18.3 Å². The van der Waals surface area contributed by atoms with E-state index in [1.54, 1.807) is 6.08 Å². The lowest BCUT2D eigenvalue weighted by molar-refractivity contribution is -0.134. The first-order chi connectivity index (χ1) is 13.6. The van der Waals surface area contributed by atoms with E-state index in [0.29, 0.717) is 13.0 Å². The van der Waals surface area contributed by atoms with Crippen molar-refractivity contribution in [2.24, 2.45) is 0 Å². The number of hydrogen-bond donors (Lipinski definition) is 0. The van der Waals surface area contributed by atoms with Crippen molar-refractivity contribution in [3.05, 3.63) is 11.6 Å². The maximum Gasteiger partial charge on any atom is 0.330 e. The van der Waals surface area contributed by atoms with Gasteiger partial charge in [-0.15, -0.1) is 0 Å². The summed E-state index contributed by atoms with van der Waals surface area (Å²) in [5.41, 5.74) is 0.145. The van der Waals surface area contributed by atoms with Gasteiger partial charge in [0.15, 0.2) is 16.6 Å². The van der Waals surface area contributed by atoms with Gasteiger partial charge in [0, 0.05) is 12.5 Å². The molecule has 1 heterocycles. The molecule has 1 saturated heterocycles. The van der Waals surface area contributed by atoms with E-state index in [1.807, 2.05) is 6.92 Å². The number of esters is 1. The highest BCUT2D eigenvalue weighted by Gasteiger charge is 2.65. The molecule has 1 fully saturated rings. The van der Waals surface area contributed by atoms with Gasteiger partial charge in [-0.1, -0.05) is 41.5 Å². The van der Waals surface area contributed by atoms with E-state index in [2.05, 4.69) is 81.6 Å². The van der Waals surface area contributed by atoms with Crippen molar-refractivity contribution in [2.45, 2.75) is 122 Å². The molecule has 0 unspecified atom stereocenters. The molecule has 0 aromatic heterocycles. The van der Waals surface area contributed by atoms with Crippen LogP contribution in [0.15, 0.2) is 11.6 Å². The molecular formula is C24H48O5Si2. The van der Waals surface area contributed by atoms with Crippen molar-refractivity contribution in [1.82, 2.24) is 0 Å². The largest absolute Gasteiger partial charge is 0.466 e. The smallest absolute Gasteiger partial charge is 0.330 e. The Morgan fingerprint density at radius 3 is 1.81 bits per heavy atom. The quantitative estimate of drug-likeness (QED) is 0.167. The molecule has 0 amide bonds. The number of carbonyl (C=O) groups is 1. The van der Waals surface area contributed by atoms with Gasteiger partial charge in [-0.25, -0.2) is 4.79 Å². The summed E-state index contributed by atoms with van der Waals surface area (Å²) in [4.78, 5) is 12.0. The van der Waals surface area contributed by atoms with Crippen LogP contribution in [-0.2, 0) is 23.1 Å². The summed E-state index contributed by atoms with van der Waals surface area (Å²) in [6, 6.07) is 0. The molecule has 0 aromatic rings. The minimum absolute atomic E-state index is 0.0571. The summed E-state index contributed by atoms with van der Waals surface area (Å²) in [6.07, 6.45) is 1.97. The zero-order valence-corrected chi connectivity index (χ0v) is 24.6. The van der Waals surface area contributed by atoms with Crippen LogP contribution in [0.2, 0.25) is 36.3 Å². The molecule has 0 bridgehead atoms. The van der Waals surface area contributed by atoms with Crippen molar-refractivity contribution in [3.8, 4) is 0 Å². The first kappa shape index (κ1) is 28.6. The third-order valence-corrected chi connectivity index (χ3v) is 16.8. The molecule has 1 aliphatic rings. The van der Waals surface area contributed by atoms with Crippen molar-refractivity contribution in [2.75, 3.05) is 13.7 Å². The van der Waals surface area contributed by atoms with Gasteiger partial charge >= 0.3 is 5.97 Å². The fourth-order valence-electron chi connectivity index (χ4n) is 2.99. The molecule has 1 aliphatic heterocycles. The van der Waals surface area contributed by atoms with Crippen LogP contribution in [0.4, 0.5) is 0 Å². The monoisotopic (exact) mass is 472 g/mol. The molecule has 5 nitrogen and oxygen atoms in total. The normalized spacial score (nSPS) is 23.5. The number of epoxide rings is 1. The Kier molecular flexibility index (Phi) is 8.34. The summed E-state index contributed by atoms with van der Waals surface area (Å²) in [5, 5.41) is 0.187. The van der Waals surface area contributed by atoms with E-state index in [1.165, 1.54) is 7.11 Å². The van der Waals surface area contributed by atoms with Crippen LogP contribution < -0.4 is 0 Å². The number of methoxy groups -OCH3 is 1. The van der Waals surface area contributed by atoms with Gasteiger partial charge in [-0.3, -0.25) is 0 Å². The van der Waals surface area contributed by atoms with Crippen LogP contribution in [0.5, 0.6) is 0 Å². The lowest BCUT2D eigenvalue weighted by atomic mass is 9.89. The molecule has 2 atom stereocenters. The molecule has 0 aromatic carbocycles. The van der Waals surface area contributed by atoms with E-state index < -0.39 is 22.2 Å². The predicted molar refractivity (Wildman–Crippen MR) is 134 cm³/mol. The zero-order valence-electron chi connectivity index (χ0n) is 22.6. The second-order valence-corrected chi connectivity index (χ2v) is 22.2. The zero-order chi connectivity index (χ0) is 24.7. The first-order valence-electron chi connectivity index (χ1n) is 11.4. The van der Waals surface area contributed by atoms with Gasteiger partial charge in [0.1, 0.15) is 5.60 Å². The average molecular weight is 473 g/mol. The Morgan fingerprint density at radius 1 is 1.00 bits per heavy atom. The van der Waals surface area contributed by atoms with Gasteiger partial charge in [0.2, 0.25) is 0 Å². The summed E-state index contributed by atoms with van der Waals surface area (Å²) in [7, 11) is -2.61. The Bertz CT molecular complexity index is 683. The Morgan fingerprint density at radius 2 is 1.45 bits per heavy atom. The van der Waals surface area contributed by atoms with E-state index in [4.69, 9.17) is 18.3 Å². The van der Waals surface area contributed by atoms with Gasteiger partial charge in [-0.05, 0) is 62.6 Å². The minimum atomic E-state index is -2.08. The molecule has 0 radical (unpaired) electrons. The van der Waals surface area contributed by atoms with Crippen LogP contribution >= 0.6 is 0 Å². The maximum atomic E-state index is 12.0. The van der Waals surface area contributed by atoms with E-state index in [-0.39, 0.29) is 27.8 Å². The molecule has 7 heteroatoms. The summed E-state index contributed by atoms with van der Waals surface area (Å²) >= 11 is 0. The maximum absolute atomic E-state index is 12.0. The van der Waals surface area contributed by atoms with E-state index >= 15 is 0 Å². The molecule has 1 rings (SSSR count). The Balaban J connectivity index is 3.23. The standard InChI is InChI=1S/C24H48O5Si2/c1-18(15-20(25)26-10)19(28-31(13,14)22(5,6)7)16-24(23(8,9)29-24)17-27-30(11,12)21(2,3)4/h15,19H,16-17H2,1-14H3/b18-15+/t19-,24+/m0/s1. The number of ether oxygens (including phenoxy) is 2. The van der Waals surface area contributed by atoms with Crippen LogP contribution in [0.25, 0.3) is 0 Å². The lowest BCUT2D eigenvalue weighted by Gasteiger charge is -2.41. The Labute approximate surface area is 193 Å². The van der Waals surface area contributed by atoms with E-state index in [0.717, 1.165) is 5.57 Å².